The van der Waals surface area contributed by atoms with E-state index in [9.17, 15) is 14.9 Å². The van der Waals surface area contributed by atoms with Crippen molar-refractivity contribution in [2.45, 2.75) is 13.3 Å². The van der Waals surface area contributed by atoms with Gasteiger partial charge in [0.05, 0.1) is 17.0 Å². The molecule has 10 nitrogen and oxygen atoms in total. The molecule has 0 aliphatic rings. The van der Waals surface area contributed by atoms with Gasteiger partial charge in [-0.15, -0.1) is 16.4 Å². The Morgan fingerprint density at radius 3 is 2.84 bits per heavy atom. The lowest BCUT2D eigenvalue weighted by atomic mass is 10.1. The predicted molar refractivity (Wildman–Crippen MR) is 114 cm³/mol. The van der Waals surface area contributed by atoms with E-state index in [0.29, 0.717) is 16.2 Å². The summed E-state index contributed by atoms with van der Waals surface area (Å²) in [5, 5.41) is 24.5. The first-order valence-corrected chi connectivity index (χ1v) is 10.1. The third-order valence-electron chi connectivity index (χ3n) is 4.73. The predicted octanol–water partition coefficient (Wildman–Crippen LogP) is 4.00. The summed E-state index contributed by atoms with van der Waals surface area (Å²) in [6, 6.07) is 11.8. The molecule has 0 radical (unpaired) electrons. The standard InChI is InChI=1S/C20H14N6O4S/c1-11-2-7-17-14(8-11)15(24-30-17)9-18(27)21-19-22-20-25(23-19)16(10-31-20)12-3-5-13(6-4-12)26(28)29/h2-8,10H,9H2,1H3,(H,21,23,27). The number of aryl methyl sites for hydroxylation is 1. The summed E-state index contributed by atoms with van der Waals surface area (Å²) in [7, 11) is 0. The molecule has 0 bridgehead atoms. The zero-order chi connectivity index (χ0) is 21.5. The molecule has 0 saturated heterocycles. The molecule has 0 aliphatic carbocycles. The number of carbonyl (C=O) groups excluding carboxylic acids is 1. The Bertz CT molecular complexity index is 1450. The summed E-state index contributed by atoms with van der Waals surface area (Å²) < 4.78 is 6.87. The molecule has 1 N–H and O–H groups in total. The average molecular weight is 434 g/mol. The second-order valence-corrected chi connectivity index (χ2v) is 7.75. The Labute approximate surface area is 178 Å². The van der Waals surface area contributed by atoms with Crippen molar-refractivity contribution in [3.05, 3.63) is 69.2 Å². The van der Waals surface area contributed by atoms with Gasteiger partial charge in [-0.1, -0.05) is 16.8 Å². The summed E-state index contributed by atoms with van der Waals surface area (Å²) in [4.78, 5) is 27.8. The Kier molecular flexibility index (Phi) is 4.44. The van der Waals surface area contributed by atoms with Gasteiger partial charge in [-0.05, 0) is 31.2 Å². The smallest absolute Gasteiger partial charge is 0.269 e. The fourth-order valence-electron chi connectivity index (χ4n) is 3.24. The second-order valence-electron chi connectivity index (χ2n) is 6.91. The summed E-state index contributed by atoms with van der Waals surface area (Å²) in [5.41, 5.74) is 3.71. The summed E-state index contributed by atoms with van der Waals surface area (Å²) in [5.74, 6) is -0.143. The number of thiazole rings is 1. The third-order valence-corrected chi connectivity index (χ3v) is 5.55. The first kappa shape index (κ1) is 18.9. The van der Waals surface area contributed by atoms with E-state index < -0.39 is 4.92 Å². The highest BCUT2D eigenvalue weighted by Crippen LogP contribution is 2.27. The highest BCUT2D eigenvalue weighted by Gasteiger charge is 2.17. The van der Waals surface area contributed by atoms with Gasteiger partial charge in [-0.2, -0.15) is 4.98 Å². The fourth-order valence-corrected chi connectivity index (χ4v) is 4.07. The Morgan fingerprint density at radius 1 is 1.26 bits per heavy atom. The van der Waals surface area contributed by atoms with Crippen LogP contribution in [0.5, 0.6) is 0 Å². The van der Waals surface area contributed by atoms with E-state index in [1.807, 2.05) is 30.5 Å². The maximum Gasteiger partial charge on any atom is 0.269 e. The van der Waals surface area contributed by atoms with Crippen molar-refractivity contribution in [3.63, 3.8) is 0 Å². The molecule has 31 heavy (non-hydrogen) atoms. The quantitative estimate of drug-likeness (QED) is 0.327. The molecule has 0 saturated carbocycles. The zero-order valence-corrected chi connectivity index (χ0v) is 16.9. The van der Waals surface area contributed by atoms with Gasteiger partial charge in [0.15, 0.2) is 5.58 Å². The molecule has 5 aromatic rings. The topological polar surface area (TPSA) is 128 Å². The van der Waals surface area contributed by atoms with Crippen molar-refractivity contribution in [1.82, 2.24) is 19.8 Å². The number of hydrogen-bond donors (Lipinski definition) is 1. The van der Waals surface area contributed by atoms with Crippen LogP contribution in [0, 0.1) is 17.0 Å². The van der Waals surface area contributed by atoms with Crippen LogP contribution in [0.1, 0.15) is 11.3 Å². The van der Waals surface area contributed by atoms with Crippen LogP contribution < -0.4 is 5.32 Å². The number of nitro groups is 1. The number of non-ortho nitro benzene ring substituents is 1. The lowest BCUT2D eigenvalue weighted by molar-refractivity contribution is -0.384. The number of anilines is 1. The van der Waals surface area contributed by atoms with Crippen LogP contribution in [0.25, 0.3) is 27.2 Å². The van der Waals surface area contributed by atoms with Gasteiger partial charge < -0.3 is 4.52 Å². The molecule has 154 valence electrons. The van der Waals surface area contributed by atoms with Gasteiger partial charge in [-0.25, -0.2) is 4.52 Å². The maximum absolute atomic E-state index is 12.5. The third kappa shape index (κ3) is 3.51. The van der Waals surface area contributed by atoms with Crippen LogP contribution in [-0.2, 0) is 11.2 Å². The van der Waals surface area contributed by atoms with Crippen LogP contribution >= 0.6 is 11.3 Å². The van der Waals surface area contributed by atoms with E-state index in [4.69, 9.17) is 4.52 Å². The van der Waals surface area contributed by atoms with Crippen LogP contribution in [-0.4, -0.2) is 30.6 Å². The minimum atomic E-state index is -0.449. The molecular weight excluding hydrogens is 420 g/mol. The largest absolute Gasteiger partial charge is 0.356 e. The number of fused-ring (bicyclic) bond motifs is 2. The number of carbonyl (C=O) groups is 1. The molecule has 1 amide bonds. The minimum absolute atomic E-state index is 0.0114. The average Bonchev–Trinajstić information content (AvgIpc) is 3.42. The monoisotopic (exact) mass is 434 g/mol. The maximum atomic E-state index is 12.5. The number of hydrogen-bond acceptors (Lipinski definition) is 8. The zero-order valence-electron chi connectivity index (χ0n) is 16.1. The molecule has 0 atom stereocenters. The van der Waals surface area contributed by atoms with E-state index in [2.05, 4.69) is 20.6 Å². The number of benzene rings is 2. The van der Waals surface area contributed by atoms with E-state index in [1.165, 1.54) is 23.5 Å². The van der Waals surface area contributed by atoms with Gasteiger partial charge in [0.2, 0.25) is 16.8 Å². The molecular formula is C20H14N6O4S. The van der Waals surface area contributed by atoms with Crippen LogP contribution in [0.4, 0.5) is 11.6 Å². The second kappa shape index (κ2) is 7.29. The van der Waals surface area contributed by atoms with Crippen molar-refractivity contribution >= 4 is 44.8 Å². The molecule has 0 aliphatic heterocycles. The molecule has 2 aromatic carbocycles. The van der Waals surface area contributed by atoms with Crippen LogP contribution in [0.3, 0.4) is 0 Å². The lowest BCUT2D eigenvalue weighted by Crippen LogP contribution is -2.15. The highest BCUT2D eigenvalue weighted by atomic mass is 32.1. The van der Waals surface area contributed by atoms with Crippen LogP contribution in [0.15, 0.2) is 52.4 Å². The molecule has 11 heteroatoms. The Hall–Kier alpha value is -4.12. The van der Waals surface area contributed by atoms with E-state index >= 15 is 0 Å². The molecule has 0 spiro atoms. The normalized spacial score (nSPS) is 11.3. The van der Waals surface area contributed by atoms with Crippen molar-refractivity contribution in [2.75, 3.05) is 5.32 Å². The van der Waals surface area contributed by atoms with Crippen molar-refractivity contribution in [2.24, 2.45) is 0 Å². The molecule has 3 aromatic heterocycles. The number of aromatic nitrogens is 4. The highest BCUT2D eigenvalue weighted by molar-refractivity contribution is 7.15. The minimum Gasteiger partial charge on any atom is -0.356 e. The lowest BCUT2D eigenvalue weighted by Gasteiger charge is -2.00. The van der Waals surface area contributed by atoms with Crippen molar-refractivity contribution in [1.29, 1.82) is 0 Å². The summed E-state index contributed by atoms with van der Waals surface area (Å²) in [6.45, 7) is 1.96. The van der Waals surface area contributed by atoms with E-state index in [1.54, 1.807) is 16.6 Å². The molecule has 3 heterocycles. The number of nitro benzene ring substituents is 1. The van der Waals surface area contributed by atoms with Crippen molar-refractivity contribution in [3.8, 4) is 11.3 Å². The fraction of sp³-hybridized carbons (Fsp3) is 0.100. The van der Waals surface area contributed by atoms with Crippen LogP contribution in [0.2, 0.25) is 0 Å². The number of nitrogens with one attached hydrogen (secondary N) is 1. The number of amides is 1. The molecule has 5 rings (SSSR count). The summed E-state index contributed by atoms with van der Waals surface area (Å²) in [6.07, 6.45) is 0.0263. The van der Waals surface area contributed by atoms with Gasteiger partial charge in [0.25, 0.3) is 5.69 Å². The van der Waals surface area contributed by atoms with Crippen molar-refractivity contribution < 1.29 is 14.2 Å². The number of nitrogens with zero attached hydrogens (tertiary/aromatic N) is 5. The summed E-state index contributed by atoms with van der Waals surface area (Å²) >= 11 is 1.35. The van der Waals surface area contributed by atoms with Gasteiger partial charge in [-0.3, -0.25) is 20.2 Å². The Morgan fingerprint density at radius 2 is 2.06 bits per heavy atom. The Balaban J connectivity index is 1.36. The van der Waals surface area contributed by atoms with Gasteiger partial charge >= 0.3 is 0 Å². The van der Waals surface area contributed by atoms with E-state index in [-0.39, 0.29) is 24.0 Å². The first-order chi connectivity index (χ1) is 15.0. The molecule has 0 unspecified atom stereocenters. The van der Waals surface area contributed by atoms with Gasteiger partial charge in [0.1, 0.15) is 5.69 Å². The first-order valence-electron chi connectivity index (χ1n) is 9.22. The van der Waals surface area contributed by atoms with E-state index in [0.717, 1.165) is 22.2 Å². The van der Waals surface area contributed by atoms with Gasteiger partial charge in [0, 0.05) is 28.5 Å². The molecule has 0 fully saturated rings. The number of rotatable bonds is 5. The SMILES string of the molecule is Cc1ccc2onc(CC(=O)Nc3nc4scc(-c5ccc([N+](=O)[O-])cc5)n4n3)c2c1.